The largest absolute Gasteiger partial charge is 0.325 e. The summed E-state index contributed by atoms with van der Waals surface area (Å²) in [4.78, 5) is 39.4. The van der Waals surface area contributed by atoms with E-state index >= 15 is 0 Å². The molecule has 2 N–H and O–H groups in total. The van der Waals surface area contributed by atoms with E-state index in [-0.39, 0.29) is 12.5 Å². The molecule has 4 amide bonds. The highest BCUT2D eigenvalue weighted by Crippen LogP contribution is 2.39. The Morgan fingerprint density at radius 2 is 2.11 bits per heavy atom. The van der Waals surface area contributed by atoms with Gasteiger partial charge in [-0.1, -0.05) is 20.8 Å². The topological polar surface area (TPSA) is 102 Å². The first-order chi connectivity index (χ1) is 12.8. The molecule has 0 bridgehead atoms. The third kappa shape index (κ3) is 3.32. The van der Waals surface area contributed by atoms with Crippen molar-refractivity contribution in [3.8, 4) is 6.07 Å². The summed E-state index contributed by atoms with van der Waals surface area (Å²) in [5.41, 5.74) is 0.624. The van der Waals surface area contributed by atoms with Gasteiger partial charge in [-0.15, -0.1) is 11.3 Å². The minimum absolute atomic E-state index is 0.351. The van der Waals surface area contributed by atoms with Crippen LogP contribution in [0, 0.1) is 17.2 Å². The Morgan fingerprint density at radius 1 is 1.41 bits per heavy atom. The fourth-order valence-corrected chi connectivity index (χ4v) is 5.19. The van der Waals surface area contributed by atoms with Gasteiger partial charge in [-0.3, -0.25) is 14.5 Å². The van der Waals surface area contributed by atoms with Crippen molar-refractivity contribution in [2.24, 2.45) is 5.92 Å². The summed E-state index contributed by atoms with van der Waals surface area (Å²) >= 11 is 1.43. The Kier molecular flexibility index (Phi) is 5.24. The van der Waals surface area contributed by atoms with E-state index in [9.17, 15) is 19.6 Å². The summed E-state index contributed by atoms with van der Waals surface area (Å²) in [5, 5.41) is 15.5. The van der Waals surface area contributed by atoms with Gasteiger partial charge in [0.25, 0.3) is 5.91 Å². The maximum Gasteiger partial charge on any atom is 0.325 e. The number of carbonyl (C=O) groups excluding carboxylic acids is 3. The van der Waals surface area contributed by atoms with Gasteiger partial charge in [-0.05, 0) is 43.6 Å². The number of nitrogens with zero attached hydrogens (tertiary/aromatic N) is 2. The van der Waals surface area contributed by atoms with Crippen LogP contribution in [0.15, 0.2) is 0 Å². The quantitative estimate of drug-likeness (QED) is 0.757. The molecule has 1 fully saturated rings. The van der Waals surface area contributed by atoms with Crippen LogP contribution in [-0.2, 0) is 22.4 Å². The lowest BCUT2D eigenvalue weighted by atomic mass is 9.89. The Morgan fingerprint density at radius 3 is 2.70 bits per heavy atom. The molecule has 2 aliphatic rings. The van der Waals surface area contributed by atoms with Crippen LogP contribution in [0.5, 0.6) is 0 Å². The number of amides is 4. The van der Waals surface area contributed by atoms with Crippen LogP contribution in [0.4, 0.5) is 9.80 Å². The third-order valence-electron chi connectivity index (χ3n) is 5.63. The monoisotopic (exact) mass is 388 g/mol. The van der Waals surface area contributed by atoms with Crippen LogP contribution < -0.4 is 10.6 Å². The molecule has 27 heavy (non-hydrogen) atoms. The van der Waals surface area contributed by atoms with Gasteiger partial charge in [-0.2, -0.15) is 5.26 Å². The predicted octanol–water partition coefficient (Wildman–Crippen LogP) is 2.79. The van der Waals surface area contributed by atoms with E-state index in [1.807, 2.05) is 13.8 Å². The molecule has 0 unspecified atom stereocenters. The van der Waals surface area contributed by atoms with Crippen molar-refractivity contribution < 1.29 is 14.4 Å². The van der Waals surface area contributed by atoms with Gasteiger partial charge in [0.15, 0.2) is 0 Å². The van der Waals surface area contributed by atoms with Gasteiger partial charge in [0, 0.05) is 4.88 Å². The van der Waals surface area contributed by atoms with E-state index in [1.165, 1.54) is 11.3 Å². The number of hydrogen-bond donors (Lipinski definition) is 2. The number of nitriles is 1. The number of rotatable bonds is 5. The summed E-state index contributed by atoms with van der Waals surface area (Å²) < 4.78 is 0. The minimum atomic E-state index is -0.923. The highest BCUT2D eigenvalue weighted by molar-refractivity contribution is 7.16. The fraction of sp³-hybridized carbons (Fsp3) is 0.579. The van der Waals surface area contributed by atoms with Crippen molar-refractivity contribution in [3.63, 3.8) is 0 Å². The zero-order chi connectivity index (χ0) is 19.8. The number of urea groups is 1. The van der Waals surface area contributed by atoms with E-state index in [0.717, 1.165) is 34.6 Å². The number of thiophene rings is 1. The smallest absolute Gasteiger partial charge is 0.323 e. The first-order valence-corrected chi connectivity index (χ1v) is 10.1. The summed E-state index contributed by atoms with van der Waals surface area (Å²) in [5.74, 6) is -0.273. The highest BCUT2D eigenvalue weighted by atomic mass is 32.1. The predicted molar refractivity (Wildman–Crippen MR) is 102 cm³/mol. The van der Waals surface area contributed by atoms with Gasteiger partial charge in [0.05, 0.1) is 5.56 Å². The molecular weight excluding hydrogens is 364 g/mol. The average molecular weight is 388 g/mol. The molecule has 0 radical (unpaired) electrons. The minimum Gasteiger partial charge on any atom is -0.323 e. The van der Waals surface area contributed by atoms with Crippen molar-refractivity contribution in [1.82, 2.24) is 10.2 Å². The van der Waals surface area contributed by atoms with Crippen molar-refractivity contribution in [1.29, 1.82) is 5.26 Å². The zero-order valence-electron chi connectivity index (χ0n) is 15.8. The maximum absolute atomic E-state index is 12.6. The number of fused-ring (bicyclic) bond motifs is 1. The molecule has 1 saturated heterocycles. The van der Waals surface area contributed by atoms with E-state index in [0.29, 0.717) is 29.3 Å². The van der Waals surface area contributed by atoms with E-state index in [1.54, 1.807) is 0 Å². The second-order valence-corrected chi connectivity index (χ2v) is 8.43. The number of anilines is 1. The van der Waals surface area contributed by atoms with Crippen LogP contribution >= 0.6 is 11.3 Å². The molecular formula is C19H24N4O3S. The maximum atomic E-state index is 12.6. The molecule has 2 heterocycles. The molecule has 0 saturated carbocycles. The lowest BCUT2D eigenvalue weighted by molar-refractivity contribution is -0.134. The zero-order valence-corrected chi connectivity index (χ0v) is 16.7. The molecule has 1 aromatic rings. The summed E-state index contributed by atoms with van der Waals surface area (Å²) in [7, 11) is 0. The molecule has 1 aliphatic heterocycles. The standard InChI is InChI=1S/C19H24N4O3S/c1-4-19(5-2)17(25)23(18(26)22-19)10-15(24)21-16-13(9-20)12-7-6-11(3)8-14(12)27-16/h11H,4-8,10H2,1-3H3,(H,21,24)(H,22,26)/t11-/m1/s1. The molecule has 1 aromatic heterocycles. The Balaban J connectivity index is 1.75. The second-order valence-electron chi connectivity index (χ2n) is 7.33. The molecule has 7 nitrogen and oxygen atoms in total. The Bertz CT molecular complexity index is 835. The molecule has 0 spiro atoms. The van der Waals surface area contributed by atoms with Gasteiger partial charge in [0.2, 0.25) is 5.91 Å². The van der Waals surface area contributed by atoms with Crippen LogP contribution in [0.2, 0.25) is 0 Å². The average Bonchev–Trinajstić information content (AvgIpc) is 3.10. The summed E-state index contributed by atoms with van der Waals surface area (Å²) in [6.45, 7) is 5.50. The van der Waals surface area contributed by atoms with Crippen LogP contribution in [-0.4, -0.2) is 34.8 Å². The fourth-order valence-electron chi connectivity index (χ4n) is 3.82. The normalized spacial score (nSPS) is 20.8. The highest BCUT2D eigenvalue weighted by Gasteiger charge is 2.49. The van der Waals surface area contributed by atoms with E-state index in [4.69, 9.17) is 0 Å². The molecule has 8 heteroatoms. The van der Waals surface area contributed by atoms with Crippen molar-refractivity contribution >= 4 is 34.2 Å². The molecule has 1 atom stereocenters. The number of hydrogen-bond acceptors (Lipinski definition) is 5. The van der Waals surface area contributed by atoms with Crippen molar-refractivity contribution in [2.75, 3.05) is 11.9 Å². The number of carbonyl (C=O) groups is 3. The molecule has 144 valence electrons. The van der Waals surface area contributed by atoms with Gasteiger partial charge in [-0.25, -0.2) is 4.79 Å². The van der Waals surface area contributed by atoms with Gasteiger partial charge < -0.3 is 10.6 Å². The van der Waals surface area contributed by atoms with Crippen molar-refractivity contribution in [2.45, 2.75) is 58.4 Å². The van der Waals surface area contributed by atoms with Crippen LogP contribution in [0.25, 0.3) is 0 Å². The first kappa shape index (κ1) is 19.4. The van der Waals surface area contributed by atoms with E-state index in [2.05, 4.69) is 23.6 Å². The van der Waals surface area contributed by atoms with Crippen molar-refractivity contribution in [3.05, 3.63) is 16.0 Å². The van der Waals surface area contributed by atoms with E-state index < -0.39 is 17.5 Å². The Labute approximate surface area is 162 Å². The summed E-state index contributed by atoms with van der Waals surface area (Å²) in [6, 6.07) is 1.66. The summed E-state index contributed by atoms with van der Waals surface area (Å²) in [6.07, 6.45) is 3.73. The van der Waals surface area contributed by atoms with Gasteiger partial charge in [0.1, 0.15) is 23.2 Å². The lowest BCUT2D eigenvalue weighted by Gasteiger charge is -2.22. The third-order valence-corrected chi connectivity index (χ3v) is 6.80. The second kappa shape index (κ2) is 7.31. The number of imide groups is 1. The molecule has 3 rings (SSSR count). The first-order valence-electron chi connectivity index (χ1n) is 9.33. The SMILES string of the molecule is CCC1(CC)NC(=O)N(CC(=O)Nc2sc3c(c2C#N)CC[C@@H](C)C3)C1=O. The van der Waals surface area contributed by atoms with Gasteiger partial charge >= 0.3 is 6.03 Å². The lowest BCUT2D eigenvalue weighted by Crippen LogP contribution is -2.46. The number of nitrogens with one attached hydrogen (secondary N) is 2. The van der Waals surface area contributed by atoms with Crippen LogP contribution in [0.3, 0.4) is 0 Å². The van der Waals surface area contributed by atoms with Crippen LogP contribution in [0.1, 0.15) is 56.0 Å². The molecule has 1 aliphatic carbocycles. The Hall–Kier alpha value is -2.40. The molecule has 0 aromatic carbocycles.